The number of ether oxygens (including phenoxy) is 2. The van der Waals surface area contributed by atoms with Gasteiger partial charge in [-0.3, -0.25) is 19.7 Å². The Balaban J connectivity index is 2.29. The Labute approximate surface area is 183 Å². The van der Waals surface area contributed by atoms with Crippen LogP contribution in [0, 0.1) is 10.1 Å². The Kier molecular flexibility index (Phi) is 6.33. The Morgan fingerprint density at radius 2 is 1.88 bits per heavy atom. The highest BCUT2D eigenvalue weighted by atomic mass is 16.6. The summed E-state index contributed by atoms with van der Waals surface area (Å²) in [4.78, 5) is 37.5. The minimum atomic E-state index is -1.09. The molecule has 1 atom stereocenters. The molecule has 1 heterocycles. The summed E-state index contributed by atoms with van der Waals surface area (Å²) >= 11 is 0. The second-order valence-corrected chi connectivity index (χ2v) is 7.06. The third kappa shape index (κ3) is 3.82. The quantitative estimate of drug-likeness (QED) is 0.219. The molecule has 0 saturated carbocycles. The molecule has 10 heteroatoms. The van der Waals surface area contributed by atoms with Gasteiger partial charge >= 0.3 is 5.69 Å². The molecule has 1 aliphatic rings. The number of phenolic OH excluding ortho intramolecular Hbond substituents is 1. The highest BCUT2D eigenvalue weighted by molar-refractivity contribution is 6.46. The lowest BCUT2D eigenvalue weighted by Crippen LogP contribution is -2.30. The fourth-order valence-electron chi connectivity index (χ4n) is 3.70. The number of methoxy groups -OCH3 is 2. The van der Waals surface area contributed by atoms with Gasteiger partial charge in [0.05, 0.1) is 36.3 Å². The predicted molar refractivity (Wildman–Crippen MR) is 114 cm³/mol. The Bertz CT molecular complexity index is 1120. The molecular formula is C22H22N2O8. The van der Waals surface area contributed by atoms with Gasteiger partial charge in [-0.1, -0.05) is 13.0 Å². The van der Waals surface area contributed by atoms with E-state index in [0.29, 0.717) is 12.2 Å². The molecule has 0 aromatic heterocycles. The highest BCUT2D eigenvalue weighted by Gasteiger charge is 2.46. The van der Waals surface area contributed by atoms with Crippen molar-refractivity contribution in [3.63, 3.8) is 0 Å². The van der Waals surface area contributed by atoms with E-state index in [9.17, 15) is 29.9 Å². The smallest absolute Gasteiger partial charge is 0.311 e. The molecule has 168 valence electrons. The highest BCUT2D eigenvalue weighted by Crippen LogP contribution is 2.43. The van der Waals surface area contributed by atoms with E-state index in [1.54, 1.807) is 13.0 Å². The summed E-state index contributed by atoms with van der Waals surface area (Å²) in [7, 11) is 2.82. The number of nitro groups is 1. The Morgan fingerprint density at radius 1 is 1.16 bits per heavy atom. The normalized spacial score (nSPS) is 17.5. The van der Waals surface area contributed by atoms with Crippen molar-refractivity contribution in [1.29, 1.82) is 0 Å². The standard InChI is InChI=1S/C22H22N2O8/c1-4-9-23-19(12-5-7-16(25)15(10-12)24(29)30)18(21(27)22(23)28)20(26)14-11-13(31-2)6-8-17(14)32-3/h5-8,10-11,19,25-26H,4,9H2,1-3H3/b20-18+. The van der Waals surface area contributed by atoms with Crippen molar-refractivity contribution in [3.05, 3.63) is 63.2 Å². The van der Waals surface area contributed by atoms with Gasteiger partial charge in [-0.15, -0.1) is 0 Å². The average Bonchev–Trinajstić information content (AvgIpc) is 3.03. The second-order valence-electron chi connectivity index (χ2n) is 7.06. The maximum atomic E-state index is 13.0. The number of hydrogen-bond acceptors (Lipinski definition) is 8. The van der Waals surface area contributed by atoms with Gasteiger partial charge < -0.3 is 24.6 Å². The van der Waals surface area contributed by atoms with Crippen molar-refractivity contribution >= 4 is 23.1 Å². The zero-order valence-corrected chi connectivity index (χ0v) is 17.7. The minimum absolute atomic E-state index is 0.125. The van der Waals surface area contributed by atoms with Crippen molar-refractivity contribution in [2.45, 2.75) is 19.4 Å². The minimum Gasteiger partial charge on any atom is -0.507 e. The Hall–Kier alpha value is -4.08. The van der Waals surface area contributed by atoms with Crippen LogP contribution in [-0.2, 0) is 9.59 Å². The van der Waals surface area contributed by atoms with Crippen molar-refractivity contribution < 1.29 is 34.2 Å². The van der Waals surface area contributed by atoms with Crippen LogP contribution in [0.2, 0.25) is 0 Å². The number of Topliss-reactive ketones (excluding diaryl/α,β-unsaturated/α-hetero) is 1. The molecule has 1 amide bonds. The molecule has 1 fully saturated rings. The molecule has 10 nitrogen and oxygen atoms in total. The molecule has 1 saturated heterocycles. The SMILES string of the molecule is CCCN1C(=O)C(=O)/C(=C(/O)c2cc(OC)ccc2OC)C1c1ccc(O)c([N+](=O)[O-])c1. The first kappa shape index (κ1) is 22.6. The fraction of sp³-hybridized carbons (Fsp3) is 0.273. The molecule has 32 heavy (non-hydrogen) atoms. The number of hydrogen-bond donors (Lipinski definition) is 2. The molecule has 2 N–H and O–H groups in total. The van der Waals surface area contributed by atoms with Crippen LogP contribution in [0.5, 0.6) is 17.2 Å². The van der Waals surface area contributed by atoms with Crippen LogP contribution in [-0.4, -0.2) is 52.5 Å². The van der Waals surface area contributed by atoms with E-state index in [1.807, 2.05) is 0 Å². The number of aliphatic hydroxyl groups is 1. The fourth-order valence-corrected chi connectivity index (χ4v) is 3.70. The molecule has 1 aliphatic heterocycles. The number of likely N-dealkylation sites (tertiary alicyclic amines) is 1. The molecular weight excluding hydrogens is 420 g/mol. The van der Waals surface area contributed by atoms with Crippen LogP contribution in [0.1, 0.15) is 30.5 Å². The topological polar surface area (TPSA) is 139 Å². The van der Waals surface area contributed by atoms with Gasteiger partial charge in [0.15, 0.2) is 5.75 Å². The Morgan fingerprint density at radius 3 is 2.47 bits per heavy atom. The molecule has 2 aromatic rings. The van der Waals surface area contributed by atoms with E-state index in [4.69, 9.17) is 9.47 Å². The summed E-state index contributed by atoms with van der Waals surface area (Å²) in [6.07, 6.45) is 0.506. The van der Waals surface area contributed by atoms with Crippen LogP contribution in [0.25, 0.3) is 5.76 Å². The third-order valence-corrected chi connectivity index (χ3v) is 5.18. The number of nitro benzene ring substituents is 1. The molecule has 0 bridgehead atoms. The lowest BCUT2D eigenvalue weighted by molar-refractivity contribution is -0.385. The van der Waals surface area contributed by atoms with Gasteiger partial charge in [-0.25, -0.2) is 0 Å². The van der Waals surface area contributed by atoms with E-state index >= 15 is 0 Å². The van der Waals surface area contributed by atoms with Gasteiger partial charge in [0.25, 0.3) is 11.7 Å². The number of carbonyl (C=O) groups excluding carboxylic acids is 2. The van der Waals surface area contributed by atoms with E-state index < -0.39 is 39.9 Å². The summed E-state index contributed by atoms with van der Waals surface area (Å²) in [5.41, 5.74) is -0.497. The number of rotatable bonds is 7. The number of carbonyl (C=O) groups is 2. The number of aliphatic hydroxyl groups excluding tert-OH is 1. The largest absolute Gasteiger partial charge is 0.507 e. The predicted octanol–water partition coefficient (Wildman–Crippen LogP) is 3.15. The number of phenols is 1. The van der Waals surface area contributed by atoms with E-state index in [1.165, 1.54) is 37.3 Å². The van der Waals surface area contributed by atoms with Gasteiger partial charge in [-0.2, -0.15) is 0 Å². The van der Waals surface area contributed by atoms with Crippen LogP contribution in [0.15, 0.2) is 42.0 Å². The second kappa shape index (κ2) is 8.96. The van der Waals surface area contributed by atoms with Crippen molar-refractivity contribution in [2.75, 3.05) is 20.8 Å². The number of amides is 1. The number of aromatic hydroxyl groups is 1. The number of ketones is 1. The van der Waals surface area contributed by atoms with Crippen molar-refractivity contribution in [3.8, 4) is 17.2 Å². The maximum Gasteiger partial charge on any atom is 0.311 e. The van der Waals surface area contributed by atoms with E-state index in [0.717, 1.165) is 12.1 Å². The molecule has 0 radical (unpaired) electrons. The summed E-state index contributed by atoms with van der Waals surface area (Å²) in [6, 6.07) is 7.08. The monoisotopic (exact) mass is 442 g/mol. The van der Waals surface area contributed by atoms with Gasteiger partial charge in [-0.05, 0) is 36.2 Å². The maximum absolute atomic E-state index is 13.0. The van der Waals surface area contributed by atoms with Crippen LogP contribution >= 0.6 is 0 Å². The van der Waals surface area contributed by atoms with Crippen molar-refractivity contribution in [1.82, 2.24) is 4.90 Å². The van der Waals surface area contributed by atoms with Crippen LogP contribution in [0.3, 0.4) is 0 Å². The van der Waals surface area contributed by atoms with E-state index in [2.05, 4.69) is 0 Å². The first-order valence-corrected chi connectivity index (χ1v) is 9.73. The van der Waals surface area contributed by atoms with Gasteiger partial charge in [0.1, 0.15) is 17.3 Å². The number of nitrogens with zero attached hydrogens (tertiary/aromatic N) is 2. The molecule has 1 unspecified atom stereocenters. The van der Waals surface area contributed by atoms with Gasteiger partial charge in [0.2, 0.25) is 0 Å². The molecule has 0 aliphatic carbocycles. The zero-order chi connectivity index (χ0) is 23.6. The third-order valence-electron chi connectivity index (χ3n) is 5.18. The first-order chi connectivity index (χ1) is 15.2. The summed E-state index contributed by atoms with van der Waals surface area (Å²) in [6.45, 7) is 1.98. The van der Waals surface area contributed by atoms with E-state index in [-0.39, 0.29) is 29.0 Å². The van der Waals surface area contributed by atoms with Crippen LogP contribution in [0.4, 0.5) is 5.69 Å². The van der Waals surface area contributed by atoms with Crippen molar-refractivity contribution in [2.24, 2.45) is 0 Å². The lowest BCUT2D eigenvalue weighted by Gasteiger charge is -2.25. The average molecular weight is 442 g/mol. The van der Waals surface area contributed by atoms with Crippen LogP contribution < -0.4 is 9.47 Å². The summed E-state index contributed by atoms with van der Waals surface area (Å²) in [5.74, 6) is -2.20. The summed E-state index contributed by atoms with van der Waals surface area (Å²) < 4.78 is 10.5. The number of benzene rings is 2. The lowest BCUT2D eigenvalue weighted by atomic mass is 9.94. The summed E-state index contributed by atoms with van der Waals surface area (Å²) in [5, 5.41) is 32.3. The molecule has 0 spiro atoms. The van der Waals surface area contributed by atoms with Gasteiger partial charge in [0, 0.05) is 12.6 Å². The molecule has 2 aromatic carbocycles. The zero-order valence-electron chi connectivity index (χ0n) is 17.7. The first-order valence-electron chi connectivity index (χ1n) is 9.73. The molecule has 3 rings (SSSR count).